The van der Waals surface area contributed by atoms with Gasteiger partial charge in [0.05, 0.1) is 19.3 Å². The van der Waals surface area contributed by atoms with Crippen LogP contribution in [0.15, 0.2) is 24.3 Å². The van der Waals surface area contributed by atoms with Crippen molar-refractivity contribution in [2.45, 2.75) is 25.1 Å². The first-order chi connectivity index (χ1) is 8.77. The predicted molar refractivity (Wildman–Crippen MR) is 67.7 cm³/mol. The highest BCUT2D eigenvalue weighted by atomic mass is 16.5. The van der Waals surface area contributed by atoms with Gasteiger partial charge in [-0.2, -0.15) is 0 Å². The van der Waals surface area contributed by atoms with E-state index in [9.17, 15) is 5.11 Å². The molecule has 4 heteroatoms. The fraction of sp³-hybridized carbons (Fsp3) is 0.571. The van der Waals surface area contributed by atoms with Gasteiger partial charge >= 0.3 is 0 Å². The van der Waals surface area contributed by atoms with Gasteiger partial charge in [0.25, 0.3) is 0 Å². The zero-order valence-corrected chi connectivity index (χ0v) is 10.6. The van der Waals surface area contributed by atoms with Gasteiger partial charge in [0.2, 0.25) is 0 Å². The van der Waals surface area contributed by atoms with Crippen molar-refractivity contribution in [2.24, 2.45) is 0 Å². The molecule has 2 heterocycles. The summed E-state index contributed by atoms with van der Waals surface area (Å²) in [6, 6.07) is 8.08. The number of aliphatic hydroxyl groups excluding tert-OH is 1. The number of fused-ring (bicyclic) bond motifs is 1. The van der Waals surface area contributed by atoms with Gasteiger partial charge in [-0.15, -0.1) is 0 Å². The molecule has 3 unspecified atom stereocenters. The number of para-hydroxylation sites is 1. The van der Waals surface area contributed by atoms with E-state index in [-0.39, 0.29) is 6.04 Å². The molecule has 2 aliphatic heterocycles. The number of benzene rings is 1. The smallest absolute Gasteiger partial charge is 0.125 e. The maximum Gasteiger partial charge on any atom is 0.125 e. The number of ether oxygens (including phenoxy) is 2. The summed E-state index contributed by atoms with van der Waals surface area (Å²) in [5, 5.41) is 10.5. The molecule has 1 N–H and O–H groups in total. The molecule has 0 aliphatic carbocycles. The van der Waals surface area contributed by atoms with Gasteiger partial charge < -0.3 is 14.6 Å². The lowest BCUT2D eigenvalue weighted by atomic mass is 9.96. The van der Waals surface area contributed by atoms with Crippen molar-refractivity contribution in [1.29, 1.82) is 0 Å². The highest BCUT2D eigenvalue weighted by Crippen LogP contribution is 2.34. The Morgan fingerprint density at radius 3 is 2.94 bits per heavy atom. The zero-order chi connectivity index (χ0) is 12.5. The zero-order valence-electron chi connectivity index (χ0n) is 10.6. The lowest BCUT2D eigenvalue weighted by Gasteiger charge is -2.43. The fourth-order valence-corrected chi connectivity index (χ4v) is 2.84. The molecule has 0 aromatic heterocycles. The maximum absolute atomic E-state index is 10.5. The van der Waals surface area contributed by atoms with Crippen molar-refractivity contribution in [3.63, 3.8) is 0 Å². The molecule has 2 aliphatic rings. The van der Waals surface area contributed by atoms with Crippen LogP contribution in [-0.2, 0) is 4.74 Å². The predicted octanol–water partition coefficient (Wildman–Crippen LogP) is 1.20. The Balaban J connectivity index is 1.83. The van der Waals surface area contributed by atoms with Crippen LogP contribution in [0.1, 0.15) is 18.6 Å². The van der Waals surface area contributed by atoms with Gasteiger partial charge in [-0.1, -0.05) is 18.2 Å². The molecule has 1 saturated heterocycles. The molecule has 0 saturated carbocycles. The van der Waals surface area contributed by atoms with Crippen LogP contribution in [0.5, 0.6) is 5.75 Å². The molecule has 0 amide bonds. The number of morpholine rings is 1. The van der Waals surface area contributed by atoms with E-state index in [4.69, 9.17) is 9.47 Å². The SMILES string of the molecule is CC1COCCN1C1COc2ccccc2C1O. The largest absolute Gasteiger partial charge is 0.491 e. The van der Waals surface area contributed by atoms with Crippen molar-refractivity contribution < 1.29 is 14.6 Å². The standard InChI is InChI=1S/C14H19NO3/c1-10-8-17-7-6-15(10)12-9-18-13-5-3-2-4-11(13)14(12)16/h2-5,10,12,14,16H,6-9H2,1H3. The van der Waals surface area contributed by atoms with E-state index in [2.05, 4.69) is 11.8 Å². The summed E-state index contributed by atoms with van der Waals surface area (Å²) in [4.78, 5) is 2.30. The van der Waals surface area contributed by atoms with Gasteiger partial charge in [-0.05, 0) is 13.0 Å². The second-order valence-electron chi connectivity index (χ2n) is 5.02. The normalized spacial score (nSPS) is 32.7. The van der Waals surface area contributed by atoms with Gasteiger partial charge in [-0.25, -0.2) is 0 Å². The molecule has 98 valence electrons. The quantitative estimate of drug-likeness (QED) is 0.812. The third-order valence-corrected chi connectivity index (χ3v) is 3.86. The van der Waals surface area contributed by atoms with Crippen LogP contribution in [-0.4, -0.2) is 48.5 Å². The first-order valence-electron chi connectivity index (χ1n) is 6.50. The average molecular weight is 249 g/mol. The summed E-state index contributed by atoms with van der Waals surface area (Å²) >= 11 is 0. The minimum absolute atomic E-state index is 0.0267. The molecule has 0 radical (unpaired) electrons. The Morgan fingerprint density at radius 2 is 2.11 bits per heavy atom. The fourth-order valence-electron chi connectivity index (χ4n) is 2.84. The van der Waals surface area contributed by atoms with Crippen LogP contribution < -0.4 is 4.74 Å². The molecule has 0 bridgehead atoms. The highest BCUT2D eigenvalue weighted by Gasteiger charge is 2.36. The van der Waals surface area contributed by atoms with E-state index in [0.29, 0.717) is 12.6 Å². The minimum atomic E-state index is -0.476. The molecular weight excluding hydrogens is 230 g/mol. The van der Waals surface area contributed by atoms with E-state index >= 15 is 0 Å². The number of hydrogen-bond acceptors (Lipinski definition) is 4. The van der Waals surface area contributed by atoms with Gasteiger partial charge in [0, 0.05) is 18.2 Å². The van der Waals surface area contributed by atoms with E-state index < -0.39 is 6.10 Å². The van der Waals surface area contributed by atoms with Gasteiger partial charge in [0.15, 0.2) is 0 Å². The Bertz CT molecular complexity index is 423. The number of rotatable bonds is 1. The summed E-state index contributed by atoms with van der Waals surface area (Å²) in [6.07, 6.45) is -0.476. The van der Waals surface area contributed by atoms with Crippen LogP contribution in [0.4, 0.5) is 0 Å². The van der Waals surface area contributed by atoms with E-state index in [1.807, 2.05) is 24.3 Å². The molecule has 3 atom stereocenters. The molecule has 1 aromatic carbocycles. The van der Waals surface area contributed by atoms with Crippen molar-refractivity contribution in [3.05, 3.63) is 29.8 Å². The first kappa shape index (κ1) is 12.0. The van der Waals surface area contributed by atoms with Crippen LogP contribution >= 0.6 is 0 Å². The van der Waals surface area contributed by atoms with Crippen molar-refractivity contribution in [3.8, 4) is 5.75 Å². The minimum Gasteiger partial charge on any atom is -0.491 e. The molecule has 4 nitrogen and oxygen atoms in total. The topological polar surface area (TPSA) is 41.9 Å². The van der Waals surface area contributed by atoms with Crippen molar-refractivity contribution in [2.75, 3.05) is 26.4 Å². The van der Waals surface area contributed by atoms with Gasteiger partial charge in [0.1, 0.15) is 18.5 Å². The highest BCUT2D eigenvalue weighted by molar-refractivity contribution is 5.37. The lowest BCUT2D eigenvalue weighted by Crippen LogP contribution is -2.54. The molecular formula is C14H19NO3. The van der Waals surface area contributed by atoms with Crippen molar-refractivity contribution in [1.82, 2.24) is 4.90 Å². The third kappa shape index (κ3) is 2.00. The van der Waals surface area contributed by atoms with Crippen molar-refractivity contribution >= 4 is 0 Å². The van der Waals surface area contributed by atoms with E-state index in [0.717, 1.165) is 31.1 Å². The summed E-state index contributed by atoms with van der Waals surface area (Å²) in [6.45, 7) is 4.99. The second kappa shape index (κ2) is 4.88. The van der Waals surface area contributed by atoms with Crippen LogP contribution in [0.2, 0.25) is 0 Å². The Hall–Kier alpha value is -1.10. The summed E-state index contributed by atoms with van der Waals surface area (Å²) in [5.41, 5.74) is 0.896. The molecule has 1 fully saturated rings. The first-order valence-corrected chi connectivity index (χ1v) is 6.50. The third-order valence-electron chi connectivity index (χ3n) is 3.86. The van der Waals surface area contributed by atoms with E-state index in [1.54, 1.807) is 0 Å². The summed E-state index contributed by atoms with van der Waals surface area (Å²) in [5.74, 6) is 0.808. The molecule has 0 spiro atoms. The monoisotopic (exact) mass is 249 g/mol. The van der Waals surface area contributed by atoms with Crippen LogP contribution in [0, 0.1) is 0 Å². The summed E-state index contributed by atoms with van der Waals surface area (Å²) in [7, 11) is 0. The Morgan fingerprint density at radius 1 is 1.28 bits per heavy atom. The summed E-state index contributed by atoms with van der Waals surface area (Å²) < 4.78 is 11.2. The maximum atomic E-state index is 10.5. The molecule has 3 rings (SSSR count). The number of hydrogen-bond donors (Lipinski definition) is 1. The molecule has 1 aromatic rings. The number of aliphatic hydroxyl groups is 1. The van der Waals surface area contributed by atoms with Crippen LogP contribution in [0.3, 0.4) is 0 Å². The number of nitrogens with zero attached hydrogens (tertiary/aromatic N) is 1. The van der Waals surface area contributed by atoms with Crippen LogP contribution in [0.25, 0.3) is 0 Å². The second-order valence-corrected chi connectivity index (χ2v) is 5.02. The average Bonchev–Trinajstić information content (AvgIpc) is 2.41. The van der Waals surface area contributed by atoms with E-state index in [1.165, 1.54) is 0 Å². The molecule has 18 heavy (non-hydrogen) atoms. The Labute approximate surface area is 107 Å². The lowest BCUT2D eigenvalue weighted by molar-refractivity contribution is -0.0727. The van der Waals surface area contributed by atoms with Gasteiger partial charge in [-0.3, -0.25) is 4.90 Å². The Kier molecular flexibility index (Phi) is 3.24.